The zero-order valence-electron chi connectivity index (χ0n) is 10.5. The second-order valence-electron chi connectivity index (χ2n) is 4.41. The summed E-state index contributed by atoms with van der Waals surface area (Å²) in [6.07, 6.45) is 2.96. The van der Waals surface area contributed by atoms with E-state index in [0.29, 0.717) is 25.4 Å². The van der Waals surface area contributed by atoms with E-state index in [1.807, 2.05) is 0 Å². The number of hydrogen-bond donors (Lipinski definition) is 0. The van der Waals surface area contributed by atoms with Gasteiger partial charge in [-0.05, 0) is 25.0 Å². The molecule has 2 heterocycles. The highest BCUT2D eigenvalue weighted by molar-refractivity contribution is 9.09. The lowest BCUT2D eigenvalue weighted by Gasteiger charge is -2.31. The van der Waals surface area contributed by atoms with Crippen LogP contribution in [0.25, 0.3) is 0 Å². The Bertz CT molecular complexity index is 419. The number of carbonyl (C=O) groups is 1. The lowest BCUT2D eigenvalue weighted by Crippen LogP contribution is -2.41. The number of hydrogen-bond acceptors (Lipinski definition) is 3. The molecule has 1 aromatic rings. The number of pyridine rings is 1. The van der Waals surface area contributed by atoms with Crippen LogP contribution in [-0.4, -0.2) is 46.9 Å². The van der Waals surface area contributed by atoms with E-state index in [4.69, 9.17) is 4.74 Å². The number of rotatable bonds is 4. The maximum Gasteiger partial charge on any atom is 0.272 e. The Hall–Kier alpha value is -1.01. The fourth-order valence-electron chi connectivity index (χ4n) is 2.10. The molecule has 0 unspecified atom stereocenters. The molecule has 2 rings (SSSR count). The third-order valence-corrected chi connectivity index (χ3v) is 3.43. The average Bonchev–Trinajstić information content (AvgIpc) is 2.46. The molecule has 0 spiro atoms. The van der Waals surface area contributed by atoms with Crippen molar-refractivity contribution in [1.82, 2.24) is 9.88 Å². The van der Waals surface area contributed by atoms with Gasteiger partial charge in [0.15, 0.2) is 0 Å². The summed E-state index contributed by atoms with van der Waals surface area (Å²) in [4.78, 5) is 17.7. The number of carbonyl (C=O) groups excluding carboxylic acids is 1. The fraction of sp³-hybridized carbons (Fsp3) is 0.538. The van der Waals surface area contributed by atoms with Crippen molar-refractivity contribution in [2.45, 2.75) is 18.9 Å². The van der Waals surface area contributed by atoms with Gasteiger partial charge in [-0.25, -0.2) is 9.37 Å². The van der Waals surface area contributed by atoms with Crippen molar-refractivity contribution in [3.05, 3.63) is 29.8 Å². The minimum absolute atomic E-state index is 0.140. The van der Waals surface area contributed by atoms with Crippen molar-refractivity contribution in [3.8, 4) is 0 Å². The van der Waals surface area contributed by atoms with E-state index < -0.39 is 5.82 Å². The Kier molecular flexibility index (Phi) is 5.27. The van der Waals surface area contributed by atoms with Crippen LogP contribution in [0.15, 0.2) is 18.3 Å². The standard InChI is InChI=1S/C13H16BrFN2O2/c14-5-8-19-11-3-6-17(7-4-11)13(18)12-2-1-10(15)9-16-12/h1-2,9,11H,3-8H2. The Morgan fingerprint density at radius 1 is 1.47 bits per heavy atom. The topological polar surface area (TPSA) is 42.4 Å². The molecule has 1 aliphatic heterocycles. The smallest absolute Gasteiger partial charge is 0.272 e. The van der Waals surface area contributed by atoms with E-state index in [2.05, 4.69) is 20.9 Å². The molecule has 4 nitrogen and oxygen atoms in total. The highest BCUT2D eigenvalue weighted by atomic mass is 79.9. The first-order valence-corrected chi connectivity index (χ1v) is 7.41. The van der Waals surface area contributed by atoms with Crippen LogP contribution in [0.1, 0.15) is 23.3 Å². The van der Waals surface area contributed by atoms with E-state index in [9.17, 15) is 9.18 Å². The van der Waals surface area contributed by atoms with Gasteiger partial charge in [0.1, 0.15) is 11.5 Å². The Balaban J connectivity index is 1.87. The van der Waals surface area contributed by atoms with Gasteiger partial charge in [0.05, 0.1) is 18.9 Å². The van der Waals surface area contributed by atoms with E-state index in [1.165, 1.54) is 12.1 Å². The zero-order valence-corrected chi connectivity index (χ0v) is 12.1. The molecule has 1 aliphatic rings. The molecule has 0 saturated carbocycles. The van der Waals surface area contributed by atoms with Crippen LogP contribution in [0.4, 0.5) is 4.39 Å². The molecule has 0 aliphatic carbocycles. The molecule has 0 N–H and O–H groups in total. The first kappa shape index (κ1) is 14.4. The molecule has 6 heteroatoms. The first-order chi connectivity index (χ1) is 9.20. The average molecular weight is 331 g/mol. The summed E-state index contributed by atoms with van der Waals surface area (Å²) >= 11 is 3.32. The molecule has 1 amide bonds. The molecule has 104 valence electrons. The molecule has 1 aromatic heterocycles. The number of piperidine rings is 1. The Morgan fingerprint density at radius 2 is 2.21 bits per heavy atom. The van der Waals surface area contributed by atoms with Gasteiger partial charge in [-0.15, -0.1) is 0 Å². The zero-order chi connectivity index (χ0) is 13.7. The minimum atomic E-state index is -0.432. The normalized spacial score (nSPS) is 16.6. The highest BCUT2D eigenvalue weighted by Crippen LogP contribution is 2.16. The fourth-order valence-corrected chi connectivity index (χ4v) is 2.29. The minimum Gasteiger partial charge on any atom is -0.377 e. The molecule has 1 saturated heterocycles. The summed E-state index contributed by atoms with van der Waals surface area (Å²) < 4.78 is 18.4. The first-order valence-electron chi connectivity index (χ1n) is 6.29. The largest absolute Gasteiger partial charge is 0.377 e. The summed E-state index contributed by atoms with van der Waals surface area (Å²) in [7, 11) is 0. The Labute approximate surface area is 120 Å². The molecule has 1 fully saturated rings. The van der Waals surface area contributed by atoms with Gasteiger partial charge >= 0.3 is 0 Å². The number of likely N-dealkylation sites (tertiary alicyclic amines) is 1. The second-order valence-corrected chi connectivity index (χ2v) is 5.21. The van der Waals surface area contributed by atoms with Crippen LogP contribution < -0.4 is 0 Å². The van der Waals surface area contributed by atoms with Crippen LogP contribution in [0.3, 0.4) is 0 Å². The Morgan fingerprint density at radius 3 is 2.79 bits per heavy atom. The molecule has 0 atom stereocenters. The van der Waals surface area contributed by atoms with E-state index in [0.717, 1.165) is 24.4 Å². The van der Waals surface area contributed by atoms with Gasteiger partial charge in [0.25, 0.3) is 5.91 Å². The summed E-state index contributed by atoms with van der Waals surface area (Å²) in [5.41, 5.74) is 0.293. The predicted molar refractivity (Wildman–Crippen MR) is 72.9 cm³/mol. The summed E-state index contributed by atoms with van der Waals surface area (Å²) in [5, 5.41) is 0.825. The van der Waals surface area contributed by atoms with Crippen LogP contribution in [0.2, 0.25) is 0 Å². The lowest BCUT2D eigenvalue weighted by atomic mass is 10.1. The lowest BCUT2D eigenvalue weighted by molar-refractivity contribution is 0.0158. The van der Waals surface area contributed by atoms with Crippen molar-refractivity contribution in [3.63, 3.8) is 0 Å². The van der Waals surface area contributed by atoms with Crippen LogP contribution in [0, 0.1) is 5.82 Å². The van der Waals surface area contributed by atoms with Crippen molar-refractivity contribution >= 4 is 21.8 Å². The molecule has 0 aromatic carbocycles. The second kappa shape index (κ2) is 6.96. The number of nitrogens with zero attached hydrogens (tertiary/aromatic N) is 2. The van der Waals surface area contributed by atoms with Gasteiger partial charge in [-0.1, -0.05) is 15.9 Å². The van der Waals surface area contributed by atoms with Gasteiger partial charge in [0.2, 0.25) is 0 Å². The van der Waals surface area contributed by atoms with E-state index in [1.54, 1.807) is 4.90 Å². The summed E-state index contributed by atoms with van der Waals surface area (Å²) in [6, 6.07) is 2.68. The van der Waals surface area contributed by atoms with Crippen molar-refractivity contribution in [2.24, 2.45) is 0 Å². The van der Waals surface area contributed by atoms with Gasteiger partial charge in [-0.3, -0.25) is 4.79 Å². The number of halogens is 2. The van der Waals surface area contributed by atoms with Crippen LogP contribution in [-0.2, 0) is 4.74 Å². The van der Waals surface area contributed by atoms with Crippen LogP contribution in [0.5, 0.6) is 0 Å². The number of amides is 1. The monoisotopic (exact) mass is 330 g/mol. The third kappa shape index (κ3) is 3.98. The number of ether oxygens (including phenoxy) is 1. The third-order valence-electron chi connectivity index (χ3n) is 3.11. The molecule has 0 bridgehead atoms. The molecule has 19 heavy (non-hydrogen) atoms. The van der Waals surface area contributed by atoms with Gasteiger partial charge in [-0.2, -0.15) is 0 Å². The molecular weight excluding hydrogens is 315 g/mol. The maximum atomic E-state index is 12.8. The van der Waals surface area contributed by atoms with Gasteiger partial charge < -0.3 is 9.64 Å². The maximum absolute atomic E-state index is 12.8. The van der Waals surface area contributed by atoms with Gasteiger partial charge in [0, 0.05) is 18.4 Å². The van der Waals surface area contributed by atoms with Crippen molar-refractivity contribution in [1.29, 1.82) is 0 Å². The van der Waals surface area contributed by atoms with E-state index >= 15 is 0 Å². The highest BCUT2D eigenvalue weighted by Gasteiger charge is 2.24. The predicted octanol–water partition coefficient (Wildman–Crippen LogP) is 2.24. The summed E-state index contributed by atoms with van der Waals surface area (Å²) in [6.45, 7) is 2.01. The SMILES string of the molecule is O=C(c1ccc(F)cn1)N1CCC(OCCBr)CC1. The van der Waals surface area contributed by atoms with E-state index in [-0.39, 0.29) is 12.0 Å². The number of alkyl halides is 1. The molecule has 0 radical (unpaired) electrons. The quantitative estimate of drug-likeness (QED) is 0.795. The number of aromatic nitrogens is 1. The van der Waals surface area contributed by atoms with Crippen LogP contribution >= 0.6 is 15.9 Å². The van der Waals surface area contributed by atoms with Crippen molar-refractivity contribution < 1.29 is 13.9 Å². The van der Waals surface area contributed by atoms with Crippen molar-refractivity contribution in [2.75, 3.05) is 25.0 Å². The summed E-state index contributed by atoms with van der Waals surface area (Å²) in [5.74, 6) is -0.572. The molecular formula is C13H16BrFN2O2.